The minimum Gasteiger partial charge on any atom is -0.252 e. The summed E-state index contributed by atoms with van der Waals surface area (Å²) in [7, 11) is -3.58. The van der Waals surface area contributed by atoms with Gasteiger partial charge in [-0.25, -0.2) is 9.97 Å². The van der Waals surface area contributed by atoms with Crippen LogP contribution in [0.25, 0.3) is 0 Å². The van der Waals surface area contributed by atoms with Crippen molar-refractivity contribution in [2.45, 2.75) is 13.3 Å². The molecule has 0 aliphatic heterocycles. The largest absolute Gasteiger partial charge is 0.300 e. The van der Waals surface area contributed by atoms with E-state index in [1.807, 2.05) is 6.92 Å². The van der Waals surface area contributed by atoms with Crippen LogP contribution >= 0.6 is 31.9 Å². The van der Waals surface area contributed by atoms with Gasteiger partial charge in [0, 0.05) is 6.54 Å². The van der Waals surface area contributed by atoms with Crippen molar-refractivity contribution in [1.82, 2.24) is 14.7 Å². The van der Waals surface area contributed by atoms with Crippen LogP contribution in [0.1, 0.15) is 13.3 Å². The number of nitrogens with zero attached hydrogens (tertiary/aromatic N) is 2. The highest BCUT2D eigenvalue weighted by atomic mass is 79.9. The fraction of sp³-hybridized carbons (Fsp3) is 0.429. The molecule has 0 unspecified atom stereocenters. The second kappa shape index (κ2) is 5.89. The quantitative estimate of drug-likeness (QED) is 0.821. The first kappa shape index (κ1) is 13.8. The van der Waals surface area contributed by atoms with Crippen LogP contribution in [0.2, 0.25) is 0 Å². The molecule has 6 nitrogen and oxygen atoms in total. The van der Waals surface area contributed by atoms with Crippen LogP contribution < -0.4 is 9.44 Å². The Bertz CT molecular complexity index is 465. The molecule has 16 heavy (non-hydrogen) atoms. The topological polar surface area (TPSA) is 84.0 Å². The van der Waals surface area contributed by atoms with Crippen LogP contribution in [0.5, 0.6) is 0 Å². The molecule has 0 radical (unpaired) electrons. The molecule has 0 bridgehead atoms. The van der Waals surface area contributed by atoms with Gasteiger partial charge in [-0.1, -0.05) is 6.92 Å². The van der Waals surface area contributed by atoms with Crippen LogP contribution in [-0.2, 0) is 10.2 Å². The Morgan fingerprint density at radius 2 is 2.12 bits per heavy atom. The molecular weight excluding hydrogens is 364 g/mol. The molecule has 90 valence electrons. The van der Waals surface area contributed by atoms with Crippen LogP contribution in [0.4, 0.5) is 5.82 Å². The van der Waals surface area contributed by atoms with Crippen LogP contribution in [0.15, 0.2) is 15.4 Å². The Kier molecular flexibility index (Phi) is 5.09. The Labute approximate surface area is 111 Å². The maximum absolute atomic E-state index is 11.5. The van der Waals surface area contributed by atoms with Gasteiger partial charge in [0.1, 0.15) is 4.60 Å². The maximum atomic E-state index is 11.5. The second-order valence-corrected chi connectivity index (χ2v) is 5.90. The number of aromatic nitrogens is 2. The normalized spacial score (nSPS) is 11.4. The average molecular weight is 374 g/mol. The molecule has 0 spiro atoms. The number of halogens is 2. The summed E-state index contributed by atoms with van der Waals surface area (Å²) in [6, 6.07) is 0. The molecule has 0 aliphatic carbocycles. The standard InChI is InChI=1S/C7H10Br2N4O2S/c1-2-3-11-16(14,15)13-7-6(9)12-5(8)4-10-7/h4,11H,2-3H2,1H3,(H,10,13). The monoisotopic (exact) mass is 372 g/mol. The summed E-state index contributed by atoms with van der Waals surface area (Å²) in [5, 5.41) is 0. The van der Waals surface area contributed by atoms with E-state index in [1.165, 1.54) is 6.20 Å². The van der Waals surface area contributed by atoms with E-state index in [0.29, 0.717) is 22.2 Å². The zero-order chi connectivity index (χ0) is 12.2. The average Bonchev–Trinajstić information content (AvgIpc) is 2.19. The van der Waals surface area contributed by atoms with Gasteiger partial charge in [0.05, 0.1) is 6.20 Å². The molecule has 0 aromatic carbocycles. The summed E-state index contributed by atoms with van der Waals surface area (Å²) in [4.78, 5) is 7.84. The molecule has 0 aliphatic rings. The zero-order valence-electron chi connectivity index (χ0n) is 8.37. The molecule has 0 saturated heterocycles. The number of hydrogen-bond donors (Lipinski definition) is 2. The molecule has 1 rings (SSSR count). The lowest BCUT2D eigenvalue weighted by molar-refractivity contribution is 0.586. The highest BCUT2D eigenvalue weighted by Crippen LogP contribution is 2.19. The summed E-state index contributed by atoms with van der Waals surface area (Å²) in [6.45, 7) is 2.24. The molecule has 1 heterocycles. The summed E-state index contributed by atoms with van der Waals surface area (Å²) < 4.78 is 28.4. The van der Waals surface area contributed by atoms with E-state index >= 15 is 0 Å². The van der Waals surface area contributed by atoms with E-state index in [2.05, 4.69) is 51.3 Å². The lowest BCUT2D eigenvalue weighted by atomic mass is 10.5. The van der Waals surface area contributed by atoms with Gasteiger partial charge in [-0.3, -0.25) is 4.72 Å². The minimum absolute atomic E-state index is 0.145. The highest BCUT2D eigenvalue weighted by molar-refractivity contribution is 9.11. The van der Waals surface area contributed by atoms with Crippen LogP contribution in [-0.4, -0.2) is 24.9 Å². The van der Waals surface area contributed by atoms with Gasteiger partial charge in [-0.2, -0.15) is 13.1 Å². The predicted octanol–water partition coefficient (Wildman–Crippen LogP) is 1.66. The summed E-state index contributed by atoms with van der Waals surface area (Å²) >= 11 is 6.23. The van der Waals surface area contributed by atoms with E-state index in [9.17, 15) is 8.42 Å². The summed E-state index contributed by atoms with van der Waals surface area (Å²) in [5.41, 5.74) is 0. The van der Waals surface area contributed by atoms with E-state index in [4.69, 9.17) is 0 Å². The molecule has 0 amide bonds. The van der Waals surface area contributed by atoms with Crippen LogP contribution in [0.3, 0.4) is 0 Å². The van der Waals surface area contributed by atoms with E-state index in [-0.39, 0.29) is 5.82 Å². The van der Waals surface area contributed by atoms with Gasteiger partial charge < -0.3 is 0 Å². The molecule has 0 atom stereocenters. The lowest BCUT2D eigenvalue weighted by Crippen LogP contribution is -2.31. The summed E-state index contributed by atoms with van der Waals surface area (Å²) in [5.74, 6) is 0.145. The van der Waals surface area contributed by atoms with Crippen molar-refractivity contribution in [3.05, 3.63) is 15.4 Å². The molecule has 2 N–H and O–H groups in total. The molecule has 0 saturated carbocycles. The minimum atomic E-state index is -3.58. The first-order valence-electron chi connectivity index (χ1n) is 4.40. The van der Waals surface area contributed by atoms with Gasteiger partial charge in [0.15, 0.2) is 10.4 Å². The van der Waals surface area contributed by atoms with E-state index < -0.39 is 10.2 Å². The number of rotatable bonds is 5. The number of nitrogens with one attached hydrogen (secondary N) is 2. The SMILES string of the molecule is CCCNS(=O)(=O)Nc1ncc(Br)nc1Br. The highest BCUT2D eigenvalue weighted by Gasteiger charge is 2.12. The van der Waals surface area contributed by atoms with E-state index in [1.54, 1.807) is 0 Å². The number of hydrogen-bond acceptors (Lipinski definition) is 4. The van der Waals surface area contributed by atoms with Gasteiger partial charge >= 0.3 is 0 Å². The van der Waals surface area contributed by atoms with Crippen molar-refractivity contribution in [1.29, 1.82) is 0 Å². The van der Waals surface area contributed by atoms with Gasteiger partial charge in [-0.15, -0.1) is 0 Å². The first-order valence-corrected chi connectivity index (χ1v) is 7.47. The fourth-order valence-electron chi connectivity index (χ4n) is 0.815. The second-order valence-electron chi connectivity index (χ2n) is 2.83. The predicted molar refractivity (Wildman–Crippen MR) is 68.3 cm³/mol. The lowest BCUT2D eigenvalue weighted by Gasteiger charge is -2.08. The third kappa shape index (κ3) is 4.32. The van der Waals surface area contributed by atoms with E-state index in [0.717, 1.165) is 0 Å². The Balaban J connectivity index is 2.80. The summed E-state index contributed by atoms with van der Waals surface area (Å²) in [6.07, 6.45) is 2.12. The van der Waals surface area contributed by atoms with Gasteiger partial charge in [0.2, 0.25) is 0 Å². The molecule has 0 fully saturated rings. The molecule has 1 aromatic rings. The Morgan fingerprint density at radius 1 is 1.44 bits per heavy atom. The van der Waals surface area contributed by atoms with Crippen molar-refractivity contribution in [3.8, 4) is 0 Å². The zero-order valence-corrected chi connectivity index (χ0v) is 12.4. The van der Waals surface area contributed by atoms with Crippen molar-refractivity contribution < 1.29 is 8.42 Å². The third-order valence-corrected chi connectivity index (χ3v) is 3.45. The molecule has 9 heteroatoms. The fourth-order valence-corrected chi connectivity index (χ4v) is 2.81. The Hall–Kier alpha value is -0.250. The third-order valence-electron chi connectivity index (χ3n) is 1.47. The smallest absolute Gasteiger partial charge is 0.252 e. The number of anilines is 1. The first-order chi connectivity index (χ1) is 7.44. The van der Waals surface area contributed by atoms with Crippen molar-refractivity contribution in [2.24, 2.45) is 0 Å². The van der Waals surface area contributed by atoms with Gasteiger partial charge in [0.25, 0.3) is 10.2 Å². The molecule has 1 aromatic heterocycles. The van der Waals surface area contributed by atoms with Crippen molar-refractivity contribution in [2.75, 3.05) is 11.3 Å². The van der Waals surface area contributed by atoms with Crippen molar-refractivity contribution >= 4 is 47.9 Å². The Morgan fingerprint density at radius 3 is 2.69 bits per heavy atom. The van der Waals surface area contributed by atoms with Crippen molar-refractivity contribution in [3.63, 3.8) is 0 Å². The van der Waals surface area contributed by atoms with Gasteiger partial charge in [-0.05, 0) is 38.3 Å². The maximum Gasteiger partial charge on any atom is 0.300 e. The molecular formula is C7H10Br2N4O2S. The van der Waals surface area contributed by atoms with Crippen LogP contribution in [0, 0.1) is 0 Å².